The Hall–Kier alpha value is -3.91. The first-order valence-corrected chi connectivity index (χ1v) is 14.6. The monoisotopic (exact) mass is 617 g/mol. The van der Waals surface area contributed by atoms with Crippen LogP contribution in [0, 0.1) is 0 Å². The molecule has 1 amide bonds. The van der Waals surface area contributed by atoms with Crippen molar-refractivity contribution in [2.75, 3.05) is 25.5 Å². The van der Waals surface area contributed by atoms with Crippen molar-refractivity contribution in [1.82, 2.24) is 29.5 Å². The summed E-state index contributed by atoms with van der Waals surface area (Å²) in [5.41, 5.74) is 0.588. The summed E-state index contributed by atoms with van der Waals surface area (Å²) in [4.78, 5) is 19.0. The van der Waals surface area contributed by atoms with Gasteiger partial charge in [0.15, 0.2) is 0 Å². The minimum absolute atomic E-state index is 0.0217. The molecule has 3 aromatic heterocycles. The minimum Gasteiger partial charge on any atom is -0.390 e. The largest absolute Gasteiger partial charge is 0.406 e. The van der Waals surface area contributed by atoms with E-state index in [4.69, 9.17) is 4.52 Å². The number of anilines is 1. The number of hydrogen-bond donors (Lipinski definition) is 3. The van der Waals surface area contributed by atoms with E-state index in [-0.39, 0.29) is 42.4 Å². The number of nitrogens with zero attached hydrogens (tertiary/aromatic N) is 5. The van der Waals surface area contributed by atoms with Gasteiger partial charge in [0.25, 0.3) is 5.91 Å². The smallest absolute Gasteiger partial charge is 0.390 e. The predicted octanol–water partition coefficient (Wildman–Crippen LogP) is 4.92. The molecule has 4 heterocycles. The van der Waals surface area contributed by atoms with E-state index in [9.17, 15) is 27.5 Å². The third-order valence-electron chi connectivity index (χ3n) is 8.56. The van der Waals surface area contributed by atoms with E-state index in [2.05, 4.69) is 20.8 Å². The van der Waals surface area contributed by atoms with E-state index < -0.39 is 30.5 Å². The summed E-state index contributed by atoms with van der Waals surface area (Å²) in [6.45, 7) is 1.36. The number of likely N-dealkylation sites (tertiary alicyclic amines) is 1. The summed E-state index contributed by atoms with van der Waals surface area (Å²) in [6, 6.07) is 7.76. The maximum atomic E-state index is 14.8. The molecule has 0 spiro atoms. The molecule has 236 valence electrons. The summed E-state index contributed by atoms with van der Waals surface area (Å²) in [7, 11) is 1.85. The van der Waals surface area contributed by atoms with E-state index in [1.54, 1.807) is 49.6 Å². The summed E-state index contributed by atoms with van der Waals surface area (Å²) in [6.07, 6.45) is 0.508. The number of aliphatic hydroxyl groups is 1. The van der Waals surface area contributed by atoms with Crippen LogP contribution in [0.15, 0.2) is 47.2 Å². The molecule has 1 aliphatic carbocycles. The molecular weight excluding hydrogens is 582 g/mol. The Morgan fingerprint density at radius 1 is 1.25 bits per heavy atom. The highest BCUT2D eigenvalue weighted by atomic mass is 19.4. The van der Waals surface area contributed by atoms with Gasteiger partial charge in [0.05, 0.1) is 35.0 Å². The second-order valence-corrected chi connectivity index (χ2v) is 12.2. The Morgan fingerprint density at radius 3 is 2.80 bits per heavy atom. The molecule has 0 radical (unpaired) electrons. The number of benzene rings is 1. The number of halogens is 4. The van der Waals surface area contributed by atoms with Gasteiger partial charge in [-0.05, 0) is 63.9 Å². The van der Waals surface area contributed by atoms with Crippen molar-refractivity contribution in [2.24, 2.45) is 0 Å². The van der Waals surface area contributed by atoms with Gasteiger partial charge in [-0.15, -0.1) is 0 Å². The number of carbonyl (C=O) groups is 1. The Labute approximate surface area is 251 Å². The number of amides is 1. The first-order chi connectivity index (χ1) is 20.8. The third kappa shape index (κ3) is 6.46. The second kappa shape index (κ2) is 11.5. The van der Waals surface area contributed by atoms with Gasteiger partial charge < -0.3 is 34.3 Å². The lowest BCUT2D eigenvalue weighted by atomic mass is 10.0. The lowest BCUT2D eigenvalue weighted by Gasteiger charge is -2.33. The van der Waals surface area contributed by atoms with Crippen LogP contribution >= 0.6 is 0 Å². The zero-order chi connectivity index (χ0) is 31.2. The van der Waals surface area contributed by atoms with E-state index >= 15 is 0 Å². The fourth-order valence-electron chi connectivity index (χ4n) is 6.27. The van der Waals surface area contributed by atoms with Crippen LogP contribution in [0.25, 0.3) is 22.4 Å². The van der Waals surface area contributed by atoms with E-state index in [1.807, 2.05) is 16.5 Å². The average molecular weight is 618 g/mol. The molecule has 3 N–H and O–H groups in total. The molecule has 1 aromatic carbocycles. The number of alkyl halides is 4. The van der Waals surface area contributed by atoms with Gasteiger partial charge in [-0.2, -0.15) is 18.2 Å². The molecule has 14 heteroatoms. The SMILES string of the molecule is CN1CC[C@@H](Nc2cccc3c2cc(-c2noc(CNC(=O)c4ccn([C@@H]5CC[C@](C)(O)C5)c4)n2)n3CC(F)(F)F)[C@@H](F)C1. The molecule has 6 rings (SSSR count). The van der Waals surface area contributed by atoms with Crippen molar-refractivity contribution in [3.63, 3.8) is 0 Å². The molecule has 1 aliphatic heterocycles. The quantitative estimate of drug-likeness (QED) is 0.241. The normalized spacial score (nSPS) is 24.7. The first-order valence-electron chi connectivity index (χ1n) is 14.6. The number of aromatic nitrogens is 4. The number of rotatable bonds is 8. The Morgan fingerprint density at radius 2 is 2.07 bits per heavy atom. The summed E-state index contributed by atoms with van der Waals surface area (Å²) in [5.74, 6) is -0.425. The molecule has 2 aliphatic rings. The van der Waals surface area contributed by atoms with Crippen molar-refractivity contribution in [2.45, 2.75) is 75.7 Å². The molecule has 0 unspecified atom stereocenters. The zero-order valence-electron chi connectivity index (χ0n) is 24.4. The molecule has 44 heavy (non-hydrogen) atoms. The van der Waals surface area contributed by atoms with E-state index in [1.165, 1.54) is 0 Å². The molecule has 2 fully saturated rings. The highest BCUT2D eigenvalue weighted by molar-refractivity contribution is 5.96. The van der Waals surface area contributed by atoms with E-state index in [0.717, 1.165) is 11.0 Å². The molecule has 1 saturated carbocycles. The van der Waals surface area contributed by atoms with Gasteiger partial charge in [-0.25, -0.2) is 4.39 Å². The maximum absolute atomic E-state index is 14.8. The first kappa shape index (κ1) is 30.1. The third-order valence-corrected chi connectivity index (χ3v) is 8.56. The van der Waals surface area contributed by atoms with E-state index in [0.29, 0.717) is 48.0 Å². The topological polar surface area (TPSA) is 113 Å². The lowest BCUT2D eigenvalue weighted by Crippen LogP contribution is -2.46. The number of piperidine rings is 1. The number of carbonyl (C=O) groups excluding carboxylic acids is 1. The van der Waals surface area contributed by atoms with Crippen molar-refractivity contribution < 1.29 is 32.0 Å². The Kier molecular flexibility index (Phi) is 7.91. The Balaban J connectivity index is 1.20. The van der Waals surface area contributed by atoms with Crippen LogP contribution in [0.2, 0.25) is 0 Å². The molecule has 10 nitrogen and oxygen atoms in total. The zero-order valence-corrected chi connectivity index (χ0v) is 24.4. The van der Waals surface area contributed by atoms with Crippen molar-refractivity contribution in [3.8, 4) is 11.5 Å². The highest BCUT2D eigenvalue weighted by Gasteiger charge is 2.34. The van der Waals surface area contributed by atoms with Crippen molar-refractivity contribution >= 4 is 22.5 Å². The average Bonchev–Trinajstić information content (AvgIpc) is 3.74. The number of fused-ring (bicyclic) bond motifs is 1. The fourth-order valence-corrected chi connectivity index (χ4v) is 6.27. The molecule has 0 bridgehead atoms. The van der Waals surface area contributed by atoms with Crippen LogP contribution in [0.4, 0.5) is 23.2 Å². The summed E-state index contributed by atoms with van der Waals surface area (Å²) >= 11 is 0. The molecular formula is C30H35F4N7O3. The van der Waals surface area contributed by atoms with Crippen molar-refractivity contribution in [3.05, 3.63) is 54.2 Å². The number of hydrogen-bond acceptors (Lipinski definition) is 7. The summed E-state index contributed by atoms with van der Waals surface area (Å²) < 4.78 is 64.2. The fraction of sp³-hybridized carbons (Fsp3) is 0.500. The molecule has 4 atom stereocenters. The number of nitrogens with one attached hydrogen (secondary N) is 2. The summed E-state index contributed by atoms with van der Waals surface area (Å²) in [5, 5.41) is 20.6. The Bertz CT molecular complexity index is 1640. The van der Waals surface area contributed by atoms with Gasteiger partial charge in [0.2, 0.25) is 11.7 Å². The predicted molar refractivity (Wildman–Crippen MR) is 155 cm³/mol. The van der Waals surface area contributed by atoms with Gasteiger partial charge in [0, 0.05) is 42.6 Å². The second-order valence-electron chi connectivity index (χ2n) is 12.2. The van der Waals surface area contributed by atoms with Crippen LogP contribution in [0.1, 0.15) is 54.9 Å². The van der Waals surface area contributed by atoms with Crippen LogP contribution in [0.5, 0.6) is 0 Å². The van der Waals surface area contributed by atoms with Crippen LogP contribution < -0.4 is 10.6 Å². The standard InChI is InChI=1S/C30H35F4N7O3/c1-29(43)9-6-19(13-29)40-11-7-18(15-40)28(42)35-14-26-37-27(38-44-26)25-12-20-22(36-23-8-10-39(2)16-21(23)31)4-3-5-24(20)41(25)17-30(32,33)34/h3-5,7,11-12,15,19,21,23,36,43H,6,8-10,13-14,16-17H2,1-2H3,(H,35,42)/t19-,21+,23-,29+/m1/s1. The van der Waals surface area contributed by atoms with Crippen LogP contribution in [-0.2, 0) is 13.1 Å². The van der Waals surface area contributed by atoms with Gasteiger partial charge in [-0.3, -0.25) is 4.79 Å². The van der Waals surface area contributed by atoms with Gasteiger partial charge >= 0.3 is 6.18 Å². The van der Waals surface area contributed by atoms with Crippen LogP contribution in [-0.4, -0.2) is 79.3 Å². The molecule has 1 saturated heterocycles. The van der Waals surface area contributed by atoms with Crippen molar-refractivity contribution in [1.29, 1.82) is 0 Å². The van der Waals surface area contributed by atoms with Crippen LogP contribution in [0.3, 0.4) is 0 Å². The van der Waals surface area contributed by atoms with Gasteiger partial charge in [-0.1, -0.05) is 11.2 Å². The highest BCUT2D eigenvalue weighted by Crippen LogP contribution is 2.38. The minimum atomic E-state index is -4.53. The maximum Gasteiger partial charge on any atom is 0.406 e. The lowest BCUT2D eigenvalue weighted by molar-refractivity contribution is -0.139. The van der Waals surface area contributed by atoms with Gasteiger partial charge in [0.1, 0.15) is 12.7 Å². The molecule has 4 aromatic rings.